The molecule has 1 amide bonds. The third-order valence-corrected chi connectivity index (χ3v) is 5.71. The van der Waals surface area contributed by atoms with E-state index in [-0.39, 0.29) is 24.4 Å². The van der Waals surface area contributed by atoms with E-state index in [1.807, 2.05) is 30.1 Å². The van der Waals surface area contributed by atoms with Crippen LogP contribution in [-0.4, -0.2) is 50.7 Å². The molecule has 0 aromatic heterocycles. The second-order valence-corrected chi connectivity index (χ2v) is 7.52. The minimum Gasteiger partial charge on any atom is -0.493 e. The molecule has 1 aliphatic carbocycles. The Morgan fingerprint density at radius 1 is 1.15 bits per heavy atom. The summed E-state index contributed by atoms with van der Waals surface area (Å²) in [5.74, 6) is 2.24. The fourth-order valence-corrected chi connectivity index (χ4v) is 4.04. The average molecular weight is 397 g/mol. The Morgan fingerprint density at radius 3 is 2.48 bits per heavy atom. The number of nitrogens with zero attached hydrogens (tertiary/aromatic N) is 1. The molecule has 152 valence electrons. The zero-order valence-electron chi connectivity index (χ0n) is 16.5. The van der Waals surface area contributed by atoms with Crippen LogP contribution < -0.4 is 14.8 Å². The van der Waals surface area contributed by atoms with Gasteiger partial charge in [0.2, 0.25) is 0 Å². The van der Waals surface area contributed by atoms with Gasteiger partial charge in [-0.05, 0) is 82.7 Å². The van der Waals surface area contributed by atoms with Gasteiger partial charge >= 0.3 is 0 Å². The fraction of sp³-hybridized carbons (Fsp3) is 0.667. The zero-order valence-corrected chi connectivity index (χ0v) is 17.4. The topological polar surface area (TPSA) is 50.8 Å². The molecule has 0 radical (unpaired) electrons. The number of piperidine rings is 1. The molecule has 1 aromatic rings. The Bertz CT molecular complexity index is 597. The Labute approximate surface area is 169 Å². The Balaban J connectivity index is 0.00000261. The number of hydrogen-bond acceptors (Lipinski definition) is 4. The lowest BCUT2D eigenvalue weighted by Gasteiger charge is -2.32. The van der Waals surface area contributed by atoms with Gasteiger partial charge in [-0.15, -0.1) is 12.4 Å². The van der Waals surface area contributed by atoms with Crippen molar-refractivity contribution >= 4 is 18.3 Å². The molecule has 0 unspecified atom stereocenters. The number of rotatable bonds is 7. The van der Waals surface area contributed by atoms with Gasteiger partial charge in [-0.2, -0.15) is 0 Å². The van der Waals surface area contributed by atoms with E-state index < -0.39 is 0 Å². The van der Waals surface area contributed by atoms with Gasteiger partial charge in [-0.25, -0.2) is 0 Å². The van der Waals surface area contributed by atoms with Gasteiger partial charge in [-0.3, -0.25) is 4.79 Å². The summed E-state index contributed by atoms with van der Waals surface area (Å²) >= 11 is 0. The molecule has 1 aromatic carbocycles. The minimum atomic E-state index is 0. The maximum Gasteiger partial charge on any atom is 0.253 e. The fourth-order valence-electron chi connectivity index (χ4n) is 4.04. The van der Waals surface area contributed by atoms with Gasteiger partial charge in [0.25, 0.3) is 5.91 Å². The summed E-state index contributed by atoms with van der Waals surface area (Å²) in [6.07, 6.45) is 8.32. The molecule has 6 heteroatoms. The number of ether oxygens (including phenoxy) is 2. The third kappa shape index (κ3) is 5.76. The lowest BCUT2D eigenvalue weighted by molar-refractivity contribution is 0.0686. The SMILES string of the molecule is CNCCC1CCN(C(=O)c2ccc(OC3CCCC3)c(OC)c2)CC1.Cl. The maximum absolute atomic E-state index is 12.9. The van der Waals surface area contributed by atoms with Crippen LogP contribution in [-0.2, 0) is 0 Å². The number of carbonyl (C=O) groups excluding carboxylic acids is 1. The van der Waals surface area contributed by atoms with Gasteiger partial charge < -0.3 is 19.7 Å². The lowest BCUT2D eigenvalue weighted by atomic mass is 9.93. The molecule has 1 aliphatic heterocycles. The smallest absolute Gasteiger partial charge is 0.253 e. The van der Waals surface area contributed by atoms with Crippen molar-refractivity contribution in [3.05, 3.63) is 23.8 Å². The first-order valence-electron chi connectivity index (χ1n) is 10.00. The van der Waals surface area contributed by atoms with Crippen molar-refractivity contribution in [3.8, 4) is 11.5 Å². The number of likely N-dealkylation sites (tertiary alicyclic amines) is 1. The number of benzene rings is 1. The zero-order chi connectivity index (χ0) is 18.4. The number of nitrogens with one attached hydrogen (secondary N) is 1. The maximum atomic E-state index is 12.9. The van der Waals surface area contributed by atoms with Crippen LogP contribution in [0.4, 0.5) is 0 Å². The summed E-state index contributed by atoms with van der Waals surface area (Å²) in [7, 11) is 3.63. The highest BCUT2D eigenvalue weighted by molar-refractivity contribution is 5.95. The largest absolute Gasteiger partial charge is 0.493 e. The number of halogens is 1. The van der Waals surface area contributed by atoms with Crippen LogP contribution in [0.3, 0.4) is 0 Å². The molecular formula is C21H33ClN2O3. The molecule has 1 saturated carbocycles. The van der Waals surface area contributed by atoms with Gasteiger partial charge in [-0.1, -0.05) is 0 Å². The summed E-state index contributed by atoms with van der Waals surface area (Å²) in [6, 6.07) is 5.60. The highest BCUT2D eigenvalue weighted by Crippen LogP contribution is 2.33. The molecule has 3 rings (SSSR count). The summed E-state index contributed by atoms with van der Waals surface area (Å²) in [5.41, 5.74) is 0.689. The Hall–Kier alpha value is -1.46. The average Bonchev–Trinajstić information content (AvgIpc) is 3.19. The van der Waals surface area contributed by atoms with Crippen LogP contribution in [0.5, 0.6) is 11.5 Å². The quantitative estimate of drug-likeness (QED) is 0.759. The van der Waals surface area contributed by atoms with Crippen LogP contribution in [0.15, 0.2) is 18.2 Å². The van der Waals surface area contributed by atoms with Crippen LogP contribution in [0, 0.1) is 5.92 Å². The molecule has 1 N–H and O–H groups in total. The predicted molar refractivity (Wildman–Crippen MR) is 110 cm³/mol. The van der Waals surface area contributed by atoms with E-state index in [0.717, 1.165) is 57.0 Å². The molecule has 1 heterocycles. The molecule has 0 atom stereocenters. The van der Waals surface area contributed by atoms with Gasteiger partial charge in [0.05, 0.1) is 13.2 Å². The van der Waals surface area contributed by atoms with E-state index in [9.17, 15) is 4.79 Å². The van der Waals surface area contributed by atoms with Crippen molar-refractivity contribution in [3.63, 3.8) is 0 Å². The molecule has 1 saturated heterocycles. The van der Waals surface area contributed by atoms with E-state index in [1.165, 1.54) is 19.3 Å². The van der Waals surface area contributed by atoms with E-state index in [2.05, 4.69) is 5.32 Å². The third-order valence-electron chi connectivity index (χ3n) is 5.71. The summed E-state index contributed by atoms with van der Waals surface area (Å²) in [6.45, 7) is 2.74. The number of methoxy groups -OCH3 is 1. The molecule has 0 bridgehead atoms. The highest BCUT2D eigenvalue weighted by Gasteiger charge is 2.25. The molecule has 5 nitrogen and oxygen atoms in total. The van der Waals surface area contributed by atoms with E-state index >= 15 is 0 Å². The first kappa shape index (κ1) is 21.8. The van der Waals surface area contributed by atoms with Crippen LogP contribution in [0.25, 0.3) is 0 Å². The van der Waals surface area contributed by atoms with Crippen molar-refractivity contribution in [1.29, 1.82) is 0 Å². The molecular weight excluding hydrogens is 364 g/mol. The highest BCUT2D eigenvalue weighted by atomic mass is 35.5. The molecule has 27 heavy (non-hydrogen) atoms. The van der Waals surface area contributed by atoms with Crippen molar-refractivity contribution in [2.45, 2.75) is 51.0 Å². The second kappa shape index (κ2) is 10.8. The van der Waals surface area contributed by atoms with Crippen molar-refractivity contribution in [2.75, 3.05) is 33.8 Å². The predicted octanol–water partition coefficient (Wildman–Crippen LogP) is 3.90. The van der Waals surface area contributed by atoms with Crippen molar-refractivity contribution in [1.82, 2.24) is 10.2 Å². The lowest BCUT2D eigenvalue weighted by Crippen LogP contribution is -2.39. The molecule has 2 aliphatic rings. The summed E-state index contributed by atoms with van der Waals surface area (Å²) in [5, 5.41) is 3.21. The second-order valence-electron chi connectivity index (χ2n) is 7.52. The van der Waals surface area contributed by atoms with E-state index in [4.69, 9.17) is 9.47 Å². The number of carbonyl (C=O) groups is 1. The van der Waals surface area contributed by atoms with E-state index in [1.54, 1.807) is 7.11 Å². The summed E-state index contributed by atoms with van der Waals surface area (Å²) in [4.78, 5) is 14.8. The van der Waals surface area contributed by atoms with Crippen LogP contribution in [0.2, 0.25) is 0 Å². The van der Waals surface area contributed by atoms with Gasteiger partial charge in [0.15, 0.2) is 11.5 Å². The van der Waals surface area contributed by atoms with Crippen molar-refractivity contribution < 1.29 is 14.3 Å². The number of amides is 1. The number of hydrogen-bond donors (Lipinski definition) is 1. The Morgan fingerprint density at radius 2 is 1.85 bits per heavy atom. The van der Waals surface area contributed by atoms with Crippen LogP contribution >= 0.6 is 12.4 Å². The van der Waals surface area contributed by atoms with E-state index in [0.29, 0.717) is 11.3 Å². The Kier molecular flexibility index (Phi) is 8.71. The summed E-state index contributed by atoms with van der Waals surface area (Å²) < 4.78 is 11.6. The van der Waals surface area contributed by atoms with Gasteiger partial charge in [0, 0.05) is 18.7 Å². The van der Waals surface area contributed by atoms with Gasteiger partial charge in [0.1, 0.15) is 0 Å². The first-order chi connectivity index (χ1) is 12.7. The van der Waals surface area contributed by atoms with Crippen LogP contribution in [0.1, 0.15) is 55.3 Å². The monoisotopic (exact) mass is 396 g/mol. The minimum absolute atomic E-state index is 0. The first-order valence-corrected chi connectivity index (χ1v) is 10.00. The molecule has 0 spiro atoms. The van der Waals surface area contributed by atoms with Crippen molar-refractivity contribution in [2.24, 2.45) is 5.92 Å². The standard InChI is InChI=1S/C21H32N2O3.ClH/c1-22-12-9-16-10-13-23(14-11-16)21(24)17-7-8-19(20(15-17)25-2)26-18-5-3-4-6-18;/h7-8,15-16,18,22H,3-6,9-14H2,1-2H3;1H. The normalized spacial score (nSPS) is 18.2. The molecule has 2 fully saturated rings.